The van der Waals surface area contributed by atoms with Gasteiger partial charge in [0.05, 0.1) is 11.1 Å². The van der Waals surface area contributed by atoms with Gasteiger partial charge in [0.2, 0.25) is 11.8 Å². The van der Waals surface area contributed by atoms with Gasteiger partial charge in [-0.3, -0.25) is 0 Å². The van der Waals surface area contributed by atoms with E-state index in [4.69, 9.17) is 9.47 Å². The van der Waals surface area contributed by atoms with Crippen molar-refractivity contribution in [3.05, 3.63) is 95.4 Å². The second kappa shape index (κ2) is 8.60. The van der Waals surface area contributed by atoms with Crippen molar-refractivity contribution >= 4 is 11.9 Å². The van der Waals surface area contributed by atoms with E-state index in [-0.39, 0.29) is 17.3 Å². The number of rotatable bonds is 5. The van der Waals surface area contributed by atoms with Crippen LogP contribution in [0.4, 0.5) is 0 Å². The molecule has 1 heterocycles. The molecule has 0 aliphatic rings. The summed E-state index contributed by atoms with van der Waals surface area (Å²) in [7, 11) is 0. The van der Waals surface area contributed by atoms with Crippen molar-refractivity contribution in [2.75, 3.05) is 0 Å². The van der Waals surface area contributed by atoms with E-state index in [2.05, 4.69) is 4.98 Å². The number of carbonyl (C=O) groups excluding carboxylic acids is 2. The number of hydrogen-bond acceptors (Lipinski definition) is 6. The fourth-order valence-corrected chi connectivity index (χ4v) is 2.33. The molecule has 0 fully saturated rings. The van der Waals surface area contributed by atoms with Gasteiger partial charge in [0, 0.05) is 6.07 Å². The summed E-state index contributed by atoms with van der Waals surface area (Å²) in [6, 6.07) is 19.8. The Morgan fingerprint density at radius 2 is 1.54 bits per heavy atom. The lowest BCUT2D eigenvalue weighted by Gasteiger charge is -2.08. The van der Waals surface area contributed by atoms with Crippen molar-refractivity contribution in [3.63, 3.8) is 0 Å². The summed E-state index contributed by atoms with van der Waals surface area (Å²) in [4.78, 5) is 28.5. The van der Waals surface area contributed by atoms with E-state index >= 15 is 0 Å². The van der Waals surface area contributed by atoms with E-state index in [9.17, 15) is 14.9 Å². The number of benzene rings is 2. The summed E-state index contributed by atoms with van der Waals surface area (Å²) >= 11 is 0. The Bertz CT molecular complexity index is 1040. The molecule has 1 radical (unpaired) electrons. The molecule has 0 atom stereocenters. The molecule has 6 heteroatoms. The second-order valence-electron chi connectivity index (χ2n) is 5.67. The van der Waals surface area contributed by atoms with Crippen molar-refractivity contribution in [3.8, 4) is 17.8 Å². The summed E-state index contributed by atoms with van der Waals surface area (Å²) in [5.74, 6) is -1.58. The number of nitrogens with zero attached hydrogens (tertiary/aromatic N) is 2. The Morgan fingerprint density at radius 3 is 2.18 bits per heavy atom. The number of aromatic nitrogens is 1. The third-order valence-electron chi connectivity index (χ3n) is 3.83. The number of ether oxygens (including phenoxy) is 2. The molecule has 0 aliphatic carbocycles. The first-order valence-corrected chi connectivity index (χ1v) is 8.40. The maximum Gasteiger partial charge on any atom is 0.344 e. The zero-order valence-electron chi connectivity index (χ0n) is 15.0. The monoisotopic (exact) mass is 371 g/mol. The van der Waals surface area contributed by atoms with Crippen molar-refractivity contribution in [1.82, 2.24) is 4.98 Å². The van der Waals surface area contributed by atoms with Gasteiger partial charge in [0.15, 0.2) is 0 Å². The highest BCUT2D eigenvalue weighted by Gasteiger charge is 2.16. The molecular formula is C22H15N2O4. The molecule has 0 N–H and O–H groups in total. The average Bonchev–Trinajstić information content (AvgIpc) is 2.74. The Labute approximate surface area is 162 Å². The SMILES string of the molecule is C[CH]c1ccc(C(=O)Oc2nc(OC(=O)c3ccccc3)ccc2C#N)cc1. The quantitative estimate of drug-likeness (QED) is 0.631. The molecule has 137 valence electrons. The zero-order chi connectivity index (χ0) is 19.9. The van der Waals surface area contributed by atoms with Crippen molar-refractivity contribution in [2.45, 2.75) is 6.92 Å². The Hall–Kier alpha value is -3.98. The van der Waals surface area contributed by atoms with Gasteiger partial charge in [-0.15, -0.1) is 0 Å². The van der Waals surface area contributed by atoms with E-state index < -0.39 is 11.9 Å². The van der Waals surface area contributed by atoms with Gasteiger partial charge in [-0.2, -0.15) is 10.2 Å². The fourth-order valence-electron chi connectivity index (χ4n) is 2.33. The third kappa shape index (κ3) is 4.40. The summed E-state index contributed by atoms with van der Waals surface area (Å²) in [5, 5.41) is 9.23. The van der Waals surface area contributed by atoms with Gasteiger partial charge in [0.1, 0.15) is 11.6 Å². The zero-order valence-corrected chi connectivity index (χ0v) is 15.0. The van der Waals surface area contributed by atoms with Gasteiger partial charge in [-0.05, 0) is 42.3 Å². The number of nitriles is 1. The Morgan fingerprint density at radius 1 is 0.893 bits per heavy atom. The van der Waals surface area contributed by atoms with Crippen LogP contribution in [0.5, 0.6) is 11.8 Å². The maximum atomic E-state index is 12.3. The van der Waals surface area contributed by atoms with Crippen LogP contribution in [0.15, 0.2) is 66.7 Å². The number of carbonyl (C=O) groups is 2. The average molecular weight is 371 g/mol. The molecule has 2 aromatic carbocycles. The summed E-state index contributed by atoms with van der Waals surface area (Å²) in [6.45, 7) is 1.89. The van der Waals surface area contributed by atoms with E-state index in [1.165, 1.54) is 12.1 Å². The van der Waals surface area contributed by atoms with Crippen LogP contribution in [-0.4, -0.2) is 16.9 Å². The van der Waals surface area contributed by atoms with Crippen LogP contribution in [0.25, 0.3) is 0 Å². The normalized spacial score (nSPS) is 10.0. The molecule has 0 amide bonds. The summed E-state index contributed by atoms with van der Waals surface area (Å²) < 4.78 is 10.5. The van der Waals surface area contributed by atoms with Gasteiger partial charge >= 0.3 is 11.9 Å². The first-order valence-electron chi connectivity index (χ1n) is 8.40. The number of hydrogen-bond donors (Lipinski definition) is 0. The van der Waals surface area contributed by atoms with Crippen LogP contribution in [0.1, 0.15) is 38.8 Å². The fraction of sp³-hybridized carbons (Fsp3) is 0.0455. The molecule has 0 spiro atoms. The second-order valence-corrected chi connectivity index (χ2v) is 5.67. The van der Waals surface area contributed by atoms with Crippen LogP contribution in [-0.2, 0) is 0 Å². The lowest BCUT2D eigenvalue weighted by molar-refractivity contribution is 0.0717. The molecule has 3 rings (SSSR count). The van der Waals surface area contributed by atoms with E-state index in [1.807, 2.05) is 19.4 Å². The minimum atomic E-state index is -0.668. The topological polar surface area (TPSA) is 89.3 Å². The lowest BCUT2D eigenvalue weighted by atomic mass is 10.1. The van der Waals surface area contributed by atoms with Gasteiger partial charge in [0.25, 0.3) is 0 Å². The number of pyridine rings is 1. The molecule has 28 heavy (non-hydrogen) atoms. The molecule has 0 saturated heterocycles. The summed E-state index contributed by atoms with van der Waals surface area (Å²) in [5.41, 5.74) is 1.66. The third-order valence-corrected chi connectivity index (χ3v) is 3.83. The molecular weight excluding hydrogens is 356 g/mol. The molecule has 0 bridgehead atoms. The predicted octanol–water partition coefficient (Wildman–Crippen LogP) is 3.96. The largest absolute Gasteiger partial charge is 0.404 e. The van der Waals surface area contributed by atoms with E-state index in [0.29, 0.717) is 11.1 Å². The highest BCUT2D eigenvalue weighted by atomic mass is 16.6. The molecule has 0 unspecified atom stereocenters. The highest BCUT2D eigenvalue weighted by Crippen LogP contribution is 2.21. The minimum Gasteiger partial charge on any atom is -0.404 e. The standard InChI is InChI=1S/C22H15N2O4/c1-2-15-8-10-17(11-9-15)22(26)28-20-18(14-23)12-13-19(24-20)27-21(25)16-6-4-3-5-7-16/h2-13H,1H3. The minimum absolute atomic E-state index is 0.0476. The van der Waals surface area contributed by atoms with Crippen molar-refractivity contribution in [1.29, 1.82) is 5.26 Å². The van der Waals surface area contributed by atoms with Gasteiger partial charge in [-0.25, -0.2) is 9.59 Å². The van der Waals surface area contributed by atoms with Crippen molar-refractivity contribution in [2.24, 2.45) is 0 Å². The van der Waals surface area contributed by atoms with Gasteiger partial charge < -0.3 is 9.47 Å². The maximum absolute atomic E-state index is 12.3. The first-order chi connectivity index (χ1) is 13.6. The van der Waals surface area contributed by atoms with Crippen molar-refractivity contribution < 1.29 is 19.1 Å². The molecule has 0 saturated carbocycles. The molecule has 1 aromatic heterocycles. The van der Waals surface area contributed by atoms with E-state index in [1.54, 1.807) is 54.6 Å². The van der Waals surface area contributed by atoms with Crippen LogP contribution >= 0.6 is 0 Å². The summed E-state index contributed by atoms with van der Waals surface area (Å²) in [6.07, 6.45) is 1.90. The van der Waals surface area contributed by atoms with Gasteiger partial charge in [-0.1, -0.05) is 37.3 Å². The smallest absolute Gasteiger partial charge is 0.344 e. The number of esters is 2. The lowest BCUT2D eigenvalue weighted by Crippen LogP contribution is -2.13. The predicted molar refractivity (Wildman–Crippen MR) is 101 cm³/mol. The molecule has 6 nitrogen and oxygen atoms in total. The van der Waals surface area contributed by atoms with Crippen LogP contribution < -0.4 is 9.47 Å². The highest BCUT2D eigenvalue weighted by molar-refractivity contribution is 5.92. The first kappa shape index (κ1) is 18.8. The molecule has 3 aromatic rings. The van der Waals surface area contributed by atoms with Crippen LogP contribution in [0.3, 0.4) is 0 Å². The van der Waals surface area contributed by atoms with Crippen LogP contribution in [0, 0.1) is 17.8 Å². The van der Waals surface area contributed by atoms with E-state index in [0.717, 1.165) is 5.56 Å². The Kier molecular flexibility index (Phi) is 5.78. The Balaban J connectivity index is 1.80. The van der Waals surface area contributed by atoms with Crippen LogP contribution in [0.2, 0.25) is 0 Å². The molecule has 0 aliphatic heterocycles.